The molecular weight excluding hydrogens is 276 g/mol. The lowest BCUT2D eigenvalue weighted by Gasteiger charge is -2.26. The first-order valence-electron chi connectivity index (χ1n) is 6.29. The third kappa shape index (κ3) is 2.06. The van der Waals surface area contributed by atoms with Crippen molar-refractivity contribution in [1.29, 1.82) is 0 Å². The Morgan fingerprint density at radius 3 is 3.12 bits per heavy atom. The van der Waals surface area contributed by atoms with E-state index < -0.39 is 0 Å². The molecule has 1 fully saturated rings. The molecule has 0 amide bonds. The number of pyridine rings is 1. The Bertz CT molecular complexity index is 467. The van der Waals surface area contributed by atoms with E-state index in [1.54, 1.807) is 0 Å². The van der Waals surface area contributed by atoms with Crippen molar-refractivity contribution in [3.05, 3.63) is 34.1 Å². The number of fused-ring (bicyclic) bond motifs is 1. The average molecular weight is 293 g/mol. The number of nitrogens with zero attached hydrogens (tertiary/aromatic N) is 1. The molecule has 2 aliphatic rings. The molecule has 2 heterocycles. The number of hydrogen-bond acceptors (Lipinski definition) is 2. The summed E-state index contributed by atoms with van der Waals surface area (Å²) >= 11 is 3.47. The van der Waals surface area contributed by atoms with Crippen LogP contribution in [0.15, 0.2) is 22.9 Å². The van der Waals surface area contributed by atoms with Gasteiger partial charge in [-0.15, -0.1) is 0 Å². The van der Waals surface area contributed by atoms with E-state index in [2.05, 4.69) is 45.3 Å². The van der Waals surface area contributed by atoms with Gasteiger partial charge < -0.3 is 5.32 Å². The maximum atomic E-state index is 4.42. The van der Waals surface area contributed by atoms with E-state index in [1.165, 1.54) is 36.1 Å². The van der Waals surface area contributed by atoms with Gasteiger partial charge in [-0.3, -0.25) is 0 Å². The van der Waals surface area contributed by atoms with Crippen LogP contribution in [0, 0.1) is 18.8 Å². The first kappa shape index (κ1) is 11.4. The third-order valence-corrected chi connectivity index (χ3v) is 4.82. The molecule has 17 heavy (non-hydrogen) atoms. The zero-order valence-electron chi connectivity index (χ0n) is 10.0. The summed E-state index contributed by atoms with van der Waals surface area (Å²) in [6, 6.07) is 2.25. The van der Waals surface area contributed by atoms with Crippen molar-refractivity contribution in [1.82, 2.24) is 10.3 Å². The van der Waals surface area contributed by atoms with Crippen LogP contribution in [0.1, 0.15) is 24.0 Å². The van der Waals surface area contributed by atoms with Gasteiger partial charge in [-0.05, 0) is 70.9 Å². The first-order valence-corrected chi connectivity index (χ1v) is 7.08. The van der Waals surface area contributed by atoms with Crippen molar-refractivity contribution < 1.29 is 0 Å². The van der Waals surface area contributed by atoms with E-state index in [0.717, 1.165) is 17.1 Å². The van der Waals surface area contributed by atoms with Gasteiger partial charge in [-0.2, -0.15) is 0 Å². The topological polar surface area (TPSA) is 24.9 Å². The standard InChI is InChI=1S/C14H17BrN2/c1-9-5-11(7-17-14(9)15)12-4-2-3-10-6-16-8-13(10)12/h4-5,7,10,13,16H,2-3,6,8H2,1H3/t10-,13+/m0/s1. The van der Waals surface area contributed by atoms with Gasteiger partial charge in [0, 0.05) is 18.7 Å². The molecule has 1 aliphatic heterocycles. The summed E-state index contributed by atoms with van der Waals surface area (Å²) in [7, 11) is 0. The normalized spacial score (nSPS) is 27.8. The van der Waals surface area contributed by atoms with Gasteiger partial charge in [0.05, 0.1) is 0 Å². The highest BCUT2D eigenvalue weighted by molar-refractivity contribution is 9.10. The van der Waals surface area contributed by atoms with Crippen LogP contribution in [-0.4, -0.2) is 18.1 Å². The van der Waals surface area contributed by atoms with Crippen LogP contribution in [-0.2, 0) is 0 Å². The molecule has 0 spiro atoms. The van der Waals surface area contributed by atoms with Crippen LogP contribution in [0.3, 0.4) is 0 Å². The lowest BCUT2D eigenvalue weighted by atomic mass is 9.78. The lowest BCUT2D eigenvalue weighted by molar-refractivity contribution is 0.454. The quantitative estimate of drug-likeness (QED) is 0.805. The van der Waals surface area contributed by atoms with Crippen molar-refractivity contribution in [3.63, 3.8) is 0 Å². The molecule has 1 aromatic heterocycles. The molecule has 90 valence electrons. The molecule has 0 aromatic carbocycles. The molecule has 0 saturated carbocycles. The Kier molecular flexibility index (Phi) is 3.05. The van der Waals surface area contributed by atoms with Crippen LogP contribution in [0.4, 0.5) is 0 Å². The second-order valence-electron chi connectivity index (χ2n) is 5.09. The van der Waals surface area contributed by atoms with Crippen molar-refractivity contribution >= 4 is 21.5 Å². The number of halogens is 1. The average Bonchev–Trinajstić information content (AvgIpc) is 2.80. The van der Waals surface area contributed by atoms with Gasteiger partial charge in [0.25, 0.3) is 0 Å². The van der Waals surface area contributed by atoms with Gasteiger partial charge >= 0.3 is 0 Å². The number of aryl methyl sites for hydroxylation is 1. The molecule has 0 bridgehead atoms. The molecular formula is C14H17BrN2. The Balaban J connectivity index is 1.97. The molecule has 1 aromatic rings. The molecule has 1 aliphatic carbocycles. The number of allylic oxidation sites excluding steroid dienone is 1. The molecule has 0 radical (unpaired) electrons. The zero-order valence-corrected chi connectivity index (χ0v) is 11.6. The summed E-state index contributed by atoms with van der Waals surface area (Å²) in [5.41, 5.74) is 4.04. The SMILES string of the molecule is Cc1cc(C2=CCC[C@H]3CNC[C@@H]23)cnc1Br. The minimum Gasteiger partial charge on any atom is -0.316 e. The minimum absolute atomic E-state index is 0.700. The third-order valence-electron chi connectivity index (χ3n) is 3.99. The molecule has 1 saturated heterocycles. The summed E-state index contributed by atoms with van der Waals surface area (Å²) < 4.78 is 0.957. The maximum Gasteiger partial charge on any atom is 0.109 e. The van der Waals surface area contributed by atoms with Crippen LogP contribution < -0.4 is 5.32 Å². The van der Waals surface area contributed by atoms with Crippen molar-refractivity contribution in [2.24, 2.45) is 11.8 Å². The second-order valence-corrected chi connectivity index (χ2v) is 5.84. The number of aromatic nitrogens is 1. The van der Waals surface area contributed by atoms with E-state index >= 15 is 0 Å². The van der Waals surface area contributed by atoms with Crippen molar-refractivity contribution in [2.45, 2.75) is 19.8 Å². The Labute approximate surface area is 111 Å². The highest BCUT2D eigenvalue weighted by atomic mass is 79.9. The Morgan fingerprint density at radius 2 is 2.29 bits per heavy atom. The monoisotopic (exact) mass is 292 g/mol. The van der Waals surface area contributed by atoms with E-state index in [9.17, 15) is 0 Å². The van der Waals surface area contributed by atoms with E-state index in [-0.39, 0.29) is 0 Å². The first-order chi connectivity index (χ1) is 8.25. The molecule has 0 unspecified atom stereocenters. The van der Waals surface area contributed by atoms with Gasteiger partial charge in [0.2, 0.25) is 0 Å². The number of rotatable bonds is 1. The van der Waals surface area contributed by atoms with Crippen LogP contribution in [0.25, 0.3) is 5.57 Å². The minimum atomic E-state index is 0.700. The van der Waals surface area contributed by atoms with Crippen LogP contribution in [0.5, 0.6) is 0 Å². The van der Waals surface area contributed by atoms with E-state index in [1.807, 2.05) is 6.20 Å². The Hall–Kier alpha value is -0.670. The summed E-state index contributed by atoms with van der Waals surface area (Å²) in [6.45, 7) is 4.42. The largest absolute Gasteiger partial charge is 0.316 e. The summed E-state index contributed by atoms with van der Waals surface area (Å²) in [4.78, 5) is 4.42. The summed E-state index contributed by atoms with van der Waals surface area (Å²) in [6.07, 6.45) is 6.97. The molecule has 2 nitrogen and oxygen atoms in total. The molecule has 2 atom stereocenters. The fraction of sp³-hybridized carbons (Fsp3) is 0.500. The van der Waals surface area contributed by atoms with Crippen molar-refractivity contribution in [3.8, 4) is 0 Å². The van der Waals surface area contributed by atoms with Gasteiger partial charge in [-0.25, -0.2) is 4.98 Å². The van der Waals surface area contributed by atoms with E-state index in [0.29, 0.717) is 5.92 Å². The van der Waals surface area contributed by atoms with E-state index in [4.69, 9.17) is 0 Å². The Morgan fingerprint density at radius 1 is 1.41 bits per heavy atom. The number of hydrogen-bond donors (Lipinski definition) is 1. The van der Waals surface area contributed by atoms with Gasteiger partial charge in [0.15, 0.2) is 0 Å². The smallest absolute Gasteiger partial charge is 0.109 e. The van der Waals surface area contributed by atoms with Crippen molar-refractivity contribution in [2.75, 3.05) is 13.1 Å². The number of nitrogens with one attached hydrogen (secondary N) is 1. The summed E-state index contributed by atoms with van der Waals surface area (Å²) in [5.74, 6) is 1.53. The highest BCUT2D eigenvalue weighted by Crippen LogP contribution is 2.38. The fourth-order valence-electron chi connectivity index (χ4n) is 3.05. The summed E-state index contributed by atoms with van der Waals surface area (Å²) in [5, 5.41) is 3.52. The molecule has 1 N–H and O–H groups in total. The van der Waals surface area contributed by atoms with Crippen LogP contribution >= 0.6 is 15.9 Å². The highest BCUT2D eigenvalue weighted by Gasteiger charge is 2.32. The lowest BCUT2D eigenvalue weighted by Crippen LogP contribution is -2.18. The maximum absolute atomic E-state index is 4.42. The predicted molar refractivity (Wildman–Crippen MR) is 73.7 cm³/mol. The second kappa shape index (κ2) is 4.54. The van der Waals surface area contributed by atoms with Gasteiger partial charge in [0.1, 0.15) is 4.60 Å². The fourth-order valence-corrected chi connectivity index (χ4v) is 3.27. The molecule has 3 rings (SSSR count). The predicted octanol–water partition coefficient (Wildman–Crippen LogP) is 3.17. The van der Waals surface area contributed by atoms with Crippen LogP contribution in [0.2, 0.25) is 0 Å². The van der Waals surface area contributed by atoms with Gasteiger partial charge in [-0.1, -0.05) is 6.08 Å². The zero-order chi connectivity index (χ0) is 11.8. The molecule has 3 heteroatoms.